The summed E-state index contributed by atoms with van der Waals surface area (Å²) < 4.78 is 0. The Morgan fingerprint density at radius 1 is 0.941 bits per heavy atom. The largest absolute Gasteiger partial charge is 0.330 e. The van der Waals surface area contributed by atoms with E-state index in [0.717, 1.165) is 45.6 Å². The maximum absolute atomic E-state index is 5.67. The lowest BCUT2D eigenvalue weighted by atomic mass is 10.2. The summed E-state index contributed by atoms with van der Waals surface area (Å²) in [6.45, 7) is 9.24. The molecule has 1 atom stereocenters. The van der Waals surface area contributed by atoms with Gasteiger partial charge in [-0.25, -0.2) is 0 Å². The quantitative estimate of drug-likeness (QED) is 0.355. The van der Waals surface area contributed by atoms with Gasteiger partial charge in [-0.05, 0) is 52.0 Å². The molecule has 1 unspecified atom stereocenters. The van der Waals surface area contributed by atoms with Crippen LogP contribution in [0.25, 0.3) is 0 Å². The van der Waals surface area contributed by atoms with Crippen molar-refractivity contribution in [3.05, 3.63) is 0 Å². The molecule has 0 rings (SSSR count). The number of hydrogen-bond acceptors (Lipinski definition) is 4. The Hall–Kier alpha value is -0.160. The molecule has 0 aromatic rings. The average Bonchev–Trinajstić information content (AvgIpc) is 2.35. The number of nitrogens with one attached hydrogen (secondary N) is 1. The Kier molecular flexibility index (Phi) is 12.2. The number of hydrogen-bond donors (Lipinski definition) is 3. The van der Waals surface area contributed by atoms with Crippen molar-refractivity contribution in [2.45, 2.75) is 52.1 Å². The lowest BCUT2D eigenvalue weighted by molar-refractivity contribution is 0.173. The lowest BCUT2D eigenvalue weighted by Gasteiger charge is -2.30. The standard InChI is InChI=1S/C13H32N4/c1-3-17(4-2)13(9-11-15)16-12-8-6-5-7-10-14/h13,16H,3-12,14-15H2,1-2H3. The molecule has 4 heteroatoms. The van der Waals surface area contributed by atoms with Gasteiger partial charge in [-0.2, -0.15) is 0 Å². The van der Waals surface area contributed by atoms with Crippen molar-refractivity contribution < 1.29 is 0 Å². The molecule has 0 bridgehead atoms. The summed E-state index contributed by atoms with van der Waals surface area (Å²) in [7, 11) is 0. The summed E-state index contributed by atoms with van der Waals surface area (Å²) in [6.07, 6.45) is 6.40. The fraction of sp³-hybridized carbons (Fsp3) is 1.00. The molecule has 0 aliphatic heterocycles. The molecule has 0 heterocycles. The average molecular weight is 244 g/mol. The first-order valence-electron chi connectivity index (χ1n) is 7.17. The van der Waals surface area contributed by atoms with Crippen molar-refractivity contribution in [3.8, 4) is 0 Å². The van der Waals surface area contributed by atoms with Crippen LogP contribution in [0.5, 0.6) is 0 Å². The van der Waals surface area contributed by atoms with Crippen LogP contribution in [0, 0.1) is 0 Å². The topological polar surface area (TPSA) is 67.3 Å². The van der Waals surface area contributed by atoms with Gasteiger partial charge in [0.1, 0.15) is 0 Å². The fourth-order valence-corrected chi connectivity index (χ4v) is 2.13. The smallest absolute Gasteiger partial charge is 0.0609 e. The predicted octanol–water partition coefficient (Wildman–Crippen LogP) is 1.11. The van der Waals surface area contributed by atoms with Crippen LogP contribution in [0.2, 0.25) is 0 Å². The van der Waals surface area contributed by atoms with Gasteiger partial charge in [-0.1, -0.05) is 26.7 Å². The molecule has 0 amide bonds. The number of nitrogens with zero attached hydrogens (tertiary/aromatic N) is 1. The molecule has 0 saturated heterocycles. The fourth-order valence-electron chi connectivity index (χ4n) is 2.13. The molecule has 17 heavy (non-hydrogen) atoms. The molecule has 4 nitrogen and oxygen atoms in total. The Bertz CT molecular complexity index is 148. The second-order valence-electron chi connectivity index (χ2n) is 4.47. The molecule has 0 aromatic carbocycles. The third-order valence-electron chi connectivity index (χ3n) is 3.20. The van der Waals surface area contributed by atoms with Crippen LogP contribution in [0.1, 0.15) is 46.0 Å². The van der Waals surface area contributed by atoms with Gasteiger partial charge in [-0.3, -0.25) is 4.90 Å². The monoisotopic (exact) mass is 244 g/mol. The maximum Gasteiger partial charge on any atom is 0.0609 e. The molecular formula is C13H32N4. The van der Waals surface area contributed by atoms with Gasteiger partial charge in [-0.15, -0.1) is 0 Å². The zero-order valence-corrected chi connectivity index (χ0v) is 11.8. The van der Waals surface area contributed by atoms with Gasteiger partial charge in [0.05, 0.1) is 6.17 Å². The highest BCUT2D eigenvalue weighted by molar-refractivity contribution is 4.68. The molecule has 0 fully saturated rings. The second kappa shape index (κ2) is 12.3. The van der Waals surface area contributed by atoms with Crippen molar-refractivity contribution in [2.75, 3.05) is 32.7 Å². The van der Waals surface area contributed by atoms with Crippen molar-refractivity contribution in [3.63, 3.8) is 0 Å². The van der Waals surface area contributed by atoms with E-state index in [9.17, 15) is 0 Å². The van der Waals surface area contributed by atoms with Gasteiger partial charge >= 0.3 is 0 Å². The summed E-state index contributed by atoms with van der Waals surface area (Å²) in [5.74, 6) is 0. The first kappa shape index (κ1) is 16.8. The third-order valence-corrected chi connectivity index (χ3v) is 3.20. The van der Waals surface area contributed by atoms with Crippen LogP contribution in [0.3, 0.4) is 0 Å². The minimum absolute atomic E-state index is 0.449. The summed E-state index contributed by atoms with van der Waals surface area (Å²) in [6, 6.07) is 0. The summed E-state index contributed by atoms with van der Waals surface area (Å²) in [5.41, 5.74) is 11.1. The molecule has 0 aliphatic rings. The van der Waals surface area contributed by atoms with E-state index in [-0.39, 0.29) is 0 Å². The van der Waals surface area contributed by atoms with E-state index >= 15 is 0 Å². The first-order chi connectivity index (χ1) is 8.29. The highest BCUT2D eigenvalue weighted by atomic mass is 15.3. The number of unbranched alkanes of at least 4 members (excludes halogenated alkanes) is 3. The molecule has 0 spiro atoms. The molecule has 0 saturated carbocycles. The summed E-state index contributed by atoms with van der Waals surface area (Å²) in [4.78, 5) is 2.44. The minimum atomic E-state index is 0.449. The molecular weight excluding hydrogens is 212 g/mol. The van der Waals surface area contributed by atoms with Gasteiger partial charge in [0.15, 0.2) is 0 Å². The SMILES string of the molecule is CCN(CC)C(CCN)NCCCCCCN. The van der Waals surface area contributed by atoms with E-state index in [1.54, 1.807) is 0 Å². The maximum atomic E-state index is 5.67. The Balaban J connectivity index is 3.69. The minimum Gasteiger partial charge on any atom is -0.330 e. The van der Waals surface area contributed by atoms with E-state index in [2.05, 4.69) is 24.1 Å². The van der Waals surface area contributed by atoms with E-state index in [4.69, 9.17) is 11.5 Å². The highest BCUT2D eigenvalue weighted by Crippen LogP contribution is 2.02. The van der Waals surface area contributed by atoms with E-state index in [1.165, 1.54) is 19.3 Å². The summed E-state index contributed by atoms with van der Waals surface area (Å²) in [5, 5.41) is 3.61. The van der Waals surface area contributed by atoms with Gasteiger partial charge in [0.2, 0.25) is 0 Å². The lowest BCUT2D eigenvalue weighted by Crippen LogP contribution is -2.47. The van der Waals surface area contributed by atoms with Crippen LogP contribution in [0.4, 0.5) is 0 Å². The number of nitrogens with two attached hydrogens (primary N) is 2. The van der Waals surface area contributed by atoms with Crippen molar-refractivity contribution in [1.82, 2.24) is 10.2 Å². The van der Waals surface area contributed by atoms with Crippen LogP contribution in [-0.2, 0) is 0 Å². The molecule has 0 aromatic heterocycles. The Morgan fingerprint density at radius 3 is 2.12 bits per heavy atom. The zero-order valence-electron chi connectivity index (χ0n) is 11.8. The van der Waals surface area contributed by atoms with Gasteiger partial charge < -0.3 is 16.8 Å². The molecule has 104 valence electrons. The molecule has 5 N–H and O–H groups in total. The molecule has 0 radical (unpaired) electrons. The molecule has 0 aliphatic carbocycles. The van der Waals surface area contributed by atoms with Crippen molar-refractivity contribution in [2.24, 2.45) is 11.5 Å². The van der Waals surface area contributed by atoms with Crippen molar-refractivity contribution >= 4 is 0 Å². The van der Waals surface area contributed by atoms with Gasteiger partial charge in [0.25, 0.3) is 0 Å². The number of rotatable bonds is 12. The first-order valence-corrected chi connectivity index (χ1v) is 7.17. The predicted molar refractivity (Wildman–Crippen MR) is 75.9 cm³/mol. The zero-order chi connectivity index (χ0) is 12.9. The van der Waals surface area contributed by atoms with Crippen LogP contribution in [-0.4, -0.2) is 43.8 Å². The Morgan fingerprint density at radius 2 is 1.59 bits per heavy atom. The highest BCUT2D eigenvalue weighted by Gasteiger charge is 2.13. The van der Waals surface area contributed by atoms with Crippen LogP contribution < -0.4 is 16.8 Å². The van der Waals surface area contributed by atoms with Crippen molar-refractivity contribution in [1.29, 1.82) is 0 Å². The third kappa shape index (κ3) is 8.55. The Labute approximate surface area is 107 Å². The summed E-state index contributed by atoms with van der Waals surface area (Å²) >= 11 is 0. The normalized spacial score (nSPS) is 13.2. The van der Waals surface area contributed by atoms with E-state index in [0.29, 0.717) is 6.17 Å². The van der Waals surface area contributed by atoms with E-state index < -0.39 is 0 Å². The van der Waals surface area contributed by atoms with Crippen LogP contribution >= 0.6 is 0 Å². The van der Waals surface area contributed by atoms with E-state index in [1.807, 2.05) is 0 Å². The second-order valence-corrected chi connectivity index (χ2v) is 4.47. The van der Waals surface area contributed by atoms with Crippen LogP contribution in [0.15, 0.2) is 0 Å². The van der Waals surface area contributed by atoms with Gasteiger partial charge in [0, 0.05) is 0 Å².